The SMILES string of the molecule is CC1CCNc2c(cnc(N)c2C(=N)c2ccc(C(=O)Nc3cc(C(F)(F)F)ccn3)cc2)/C=C/COCCC(=O)N1. The molecule has 0 radical (unpaired) electrons. The summed E-state index contributed by atoms with van der Waals surface area (Å²) in [6, 6.07) is 7.45. The first-order valence-electron chi connectivity index (χ1n) is 13.1. The van der Waals surface area contributed by atoms with Crippen LogP contribution in [0.1, 0.15) is 52.4 Å². The predicted molar refractivity (Wildman–Crippen MR) is 153 cm³/mol. The van der Waals surface area contributed by atoms with Crippen LogP contribution in [-0.4, -0.2) is 53.3 Å². The van der Waals surface area contributed by atoms with Crippen molar-refractivity contribution in [1.82, 2.24) is 15.3 Å². The van der Waals surface area contributed by atoms with E-state index < -0.39 is 17.6 Å². The van der Waals surface area contributed by atoms with Crippen molar-refractivity contribution in [2.45, 2.75) is 32.0 Å². The molecule has 6 N–H and O–H groups in total. The second kappa shape index (κ2) is 13.3. The number of hydrogen-bond acceptors (Lipinski definition) is 8. The third-order valence-electron chi connectivity index (χ3n) is 6.42. The van der Waals surface area contributed by atoms with E-state index in [-0.39, 0.29) is 54.5 Å². The van der Waals surface area contributed by atoms with E-state index in [9.17, 15) is 22.8 Å². The fraction of sp³-hybridized carbons (Fsp3) is 0.276. The van der Waals surface area contributed by atoms with Crippen LogP contribution in [0.5, 0.6) is 0 Å². The van der Waals surface area contributed by atoms with Gasteiger partial charge in [-0.3, -0.25) is 15.0 Å². The molecule has 1 aliphatic rings. The Morgan fingerprint density at radius 3 is 2.64 bits per heavy atom. The van der Waals surface area contributed by atoms with Gasteiger partial charge in [0.2, 0.25) is 5.91 Å². The number of benzene rings is 1. The van der Waals surface area contributed by atoms with Gasteiger partial charge in [0.05, 0.1) is 35.7 Å². The Balaban J connectivity index is 1.57. The van der Waals surface area contributed by atoms with Crippen LogP contribution in [0.15, 0.2) is 54.9 Å². The number of carbonyl (C=O) groups is 2. The summed E-state index contributed by atoms with van der Waals surface area (Å²) in [5.74, 6) is -0.873. The fourth-order valence-corrected chi connectivity index (χ4v) is 4.23. The molecule has 220 valence electrons. The number of fused-ring (bicyclic) bond motifs is 1. The largest absolute Gasteiger partial charge is 0.416 e. The summed E-state index contributed by atoms with van der Waals surface area (Å²) < 4.78 is 44.5. The topological polar surface area (TPSA) is 155 Å². The minimum atomic E-state index is -4.57. The summed E-state index contributed by atoms with van der Waals surface area (Å²) in [6.07, 6.45) is 2.45. The van der Waals surface area contributed by atoms with Gasteiger partial charge >= 0.3 is 6.18 Å². The zero-order valence-corrected chi connectivity index (χ0v) is 22.7. The number of nitrogens with two attached hydrogens (primary N) is 1. The normalized spacial score (nSPS) is 17.1. The molecule has 2 aromatic heterocycles. The molecule has 42 heavy (non-hydrogen) atoms. The lowest BCUT2D eigenvalue weighted by Gasteiger charge is -2.20. The zero-order chi connectivity index (χ0) is 30.3. The number of amides is 2. The van der Waals surface area contributed by atoms with Gasteiger partial charge < -0.3 is 26.4 Å². The second-order valence-corrected chi connectivity index (χ2v) is 9.59. The fourth-order valence-electron chi connectivity index (χ4n) is 4.23. The van der Waals surface area contributed by atoms with Crippen molar-refractivity contribution in [3.05, 3.63) is 82.7 Å². The smallest absolute Gasteiger partial charge is 0.384 e. The molecule has 1 aromatic carbocycles. The molecule has 0 spiro atoms. The lowest BCUT2D eigenvalue weighted by molar-refractivity contribution is -0.137. The van der Waals surface area contributed by atoms with Gasteiger partial charge in [-0.1, -0.05) is 24.3 Å². The van der Waals surface area contributed by atoms with Gasteiger partial charge in [-0.2, -0.15) is 13.2 Å². The van der Waals surface area contributed by atoms with Gasteiger partial charge in [0.15, 0.2) is 0 Å². The standard InChI is InChI=1S/C29H30F3N7O3/c1-17-8-11-36-26-20(3-2-13-42-14-10-23(40)38-17)16-37-27(34)24(26)25(33)18-4-6-19(7-5-18)28(41)39-22-15-21(9-12-35-22)29(30,31)32/h2-7,9,12,15-17,33,36H,8,10-11,13-14H2,1H3,(H2,34,37)(H,38,40)(H,35,39,41)/b3-2+,33-25?. The number of nitrogen functional groups attached to an aromatic ring is 1. The van der Waals surface area contributed by atoms with Crippen LogP contribution in [0.4, 0.5) is 30.5 Å². The Morgan fingerprint density at radius 2 is 1.90 bits per heavy atom. The van der Waals surface area contributed by atoms with Crippen LogP contribution >= 0.6 is 0 Å². The van der Waals surface area contributed by atoms with Crippen molar-refractivity contribution in [3.63, 3.8) is 0 Å². The third kappa shape index (κ3) is 7.69. The van der Waals surface area contributed by atoms with Gasteiger partial charge in [-0.15, -0.1) is 0 Å². The number of hydrogen-bond donors (Lipinski definition) is 5. The van der Waals surface area contributed by atoms with Crippen LogP contribution in [0.25, 0.3) is 6.08 Å². The number of alkyl halides is 3. The number of nitrogens with zero attached hydrogens (tertiary/aromatic N) is 2. The van der Waals surface area contributed by atoms with Crippen LogP contribution in [-0.2, 0) is 15.7 Å². The van der Waals surface area contributed by atoms with Crippen molar-refractivity contribution in [1.29, 1.82) is 5.41 Å². The molecule has 0 aliphatic carbocycles. The first-order valence-corrected chi connectivity index (χ1v) is 13.1. The van der Waals surface area contributed by atoms with Gasteiger partial charge in [0.25, 0.3) is 5.91 Å². The van der Waals surface area contributed by atoms with Crippen LogP contribution in [0.2, 0.25) is 0 Å². The van der Waals surface area contributed by atoms with Crippen molar-refractivity contribution in [2.24, 2.45) is 0 Å². The molecule has 2 amide bonds. The Bertz CT molecular complexity index is 1490. The number of halogens is 3. The lowest BCUT2D eigenvalue weighted by atomic mass is 9.97. The zero-order valence-electron chi connectivity index (χ0n) is 22.7. The van der Waals surface area contributed by atoms with Crippen molar-refractivity contribution >= 4 is 40.9 Å². The molecule has 10 nitrogen and oxygen atoms in total. The lowest BCUT2D eigenvalue weighted by Crippen LogP contribution is -2.34. The predicted octanol–water partition coefficient (Wildman–Crippen LogP) is 4.49. The highest BCUT2D eigenvalue weighted by atomic mass is 19.4. The molecular weight excluding hydrogens is 551 g/mol. The van der Waals surface area contributed by atoms with Crippen LogP contribution in [0, 0.1) is 5.41 Å². The Morgan fingerprint density at radius 1 is 1.17 bits per heavy atom. The maximum Gasteiger partial charge on any atom is 0.416 e. The second-order valence-electron chi connectivity index (χ2n) is 9.59. The van der Waals surface area contributed by atoms with Gasteiger partial charge in [-0.25, -0.2) is 9.97 Å². The van der Waals surface area contributed by atoms with Gasteiger partial charge in [-0.05, 0) is 37.6 Å². The number of carbonyl (C=O) groups excluding carboxylic acids is 2. The van der Waals surface area contributed by atoms with Gasteiger partial charge in [0.1, 0.15) is 11.6 Å². The maximum absolute atomic E-state index is 13.0. The van der Waals surface area contributed by atoms with E-state index in [1.807, 2.05) is 6.92 Å². The molecule has 3 aromatic rings. The highest BCUT2D eigenvalue weighted by Gasteiger charge is 2.31. The summed E-state index contributed by atoms with van der Waals surface area (Å²) in [6.45, 7) is 2.94. The first-order chi connectivity index (χ1) is 20.0. The Kier molecular flexibility index (Phi) is 9.53. The highest BCUT2D eigenvalue weighted by molar-refractivity contribution is 6.17. The molecule has 1 atom stereocenters. The van der Waals surface area contributed by atoms with Crippen LogP contribution in [0.3, 0.4) is 0 Å². The maximum atomic E-state index is 13.0. The molecule has 0 saturated heterocycles. The Labute approximate surface area is 240 Å². The minimum Gasteiger partial charge on any atom is -0.384 e. The van der Waals surface area contributed by atoms with E-state index in [0.717, 1.165) is 18.3 Å². The van der Waals surface area contributed by atoms with Crippen LogP contribution < -0.4 is 21.7 Å². The summed E-state index contributed by atoms with van der Waals surface area (Å²) in [7, 11) is 0. The molecular formula is C29H30F3N7O3. The molecule has 4 rings (SSSR count). The molecule has 0 bridgehead atoms. The summed E-state index contributed by atoms with van der Waals surface area (Å²) in [5.41, 5.74) is 7.57. The quantitative estimate of drug-likeness (QED) is 0.285. The Hall–Kier alpha value is -4.78. The molecule has 1 aliphatic heterocycles. The van der Waals surface area contributed by atoms with E-state index in [0.29, 0.717) is 35.3 Å². The third-order valence-corrected chi connectivity index (χ3v) is 6.42. The molecule has 1 unspecified atom stereocenters. The molecule has 0 fully saturated rings. The number of aromatic nitrogens is 2. The number of rotatable bonds is 4. The van der Waals surface area contributed by atoms with Crippen molar-refractivity contribution in [2.75, 3.05) is 36.1 Å². The minimum absolute atomic E-state index is 0.0444. The van der Waals surface area contributed by atoms with Gasteiger partial charge in [0, 0.05) is 48.1 Å². The summed E-state index contributed by atoms with van der Waals surface area (Å²) in [4.78, 5) is 32.8. The number of nitrogens with one attached hydrogen (secondary N) is 4. The molecule has 3 heterocycles. The first kappa shape index (κ1) is 30.2. The molecule has 13 heteroatoms. The summed E-state index contributed by atoms with van der Waals surface area (Å²) in [5, 5.41) is 17.6. The average Bonchev–Trinajstić information content (AvgIpc) is 2.95. The van der Waals surface area contributed by atoms with E-state index in [1.54, 1.807) is 30.5 Å². The highest BCUT2D eigenvalue weighted by Crippen LogP contribution is 2.31. The monoisotopic (exact) mass is 581 g/mol. The van der Waals surface area contributed by atoms with Crippen molar-refractivity contribution in [3.8, 4) is 0 Å². The number of anilines is 3. The van der Waals surface area contributed by atoms with E-state index in [1.165, 1.54) is 12.1 Å². The summed E-state index contributed by atoms with van der Waals surface area (Å²) >= 11 is 0. The number of pyridine rings is 2. The molecule has 0 saturated carbocycles. The number of ether oxygens (including phenoxy) is 1. The van der Waals surface area contributed by atoms with E-state index in [4.69, 9.17) is 15.9 Å². The van der Waals surface area contributed by atoms with E-state index >= 15 is 0 Å². The van der Waals surface area contributed by atoms with Crippen molar-refractivity contribution < 1.29 is 27.5 Å². The average molecular weight is 582 g/mol. The van der Waals surface area contributed by atoms with E-state index in [2.05, 4.69) is 25.9 Å².